The van der Waals surface area contributed by atoms with E-state index < -0.39 is 29.1 Å². The highest BCUT2D eigenvalue weighted by molar-refractivity contribution is 5.30. The Kier molecular flexibility index (Phi) is 2.07. The lowest BCUT2D eigenvalue weighted by Crippen LogP contribution is -2.13. The highest BCUT2D eigenvalue weighted by atomic mass is 19.3. The van der Waals surface area contributed by atoms with Crippen LogP contribution in [0.2, 0.25) is 0 Å². The van der Waals surface area contributed by atoms with Crippen molar-refractivity contribution in [1.82, 2.24) is 4.98 Å². The molecule has 1 rings (SSSR count). The summed E-state index contributed by atoms with van der Waals surface area (Å²) in [6.07, 6.45) is -2.58. The maximum atomic E-state index is 12.5. The van der Waals surface area contributed by atoms with Crippen LogP contribution >= 0.6 is 0 Å². The van der Waals surface area contributed by atoms with Crippen LogP contribution in [0.5, 0.6) is 5.75 Å². The van der Waals surface area contributed by atoms with Crippen molar-refractivity contribution in [2.75, 3.05) is 0 Å². The Hall–Kier alpha value is -1.46. The van der Waals surface area contributed by atoms with Gasteiger partial charge in [-0.1, -0.05) is 0 Å². The van der Waals surface area contributed by atoms with Crippen LogP contribution in [-0.2, 0) is 0 Å². The van der Waals surface area contributed by atoms with Gasteiger partial charge in [0.25, 0.3) is 12.0 Å². The molecule has 66 valence electrons. The fourth-order valence-electron chi connectivity index (χ4n) is 0.717. The van der Waals surface area contributed by atoms with Crippen LogP contribution in [0.3, 0.4) is 0 Å². The third-order valence-electron chi connectivity index (χ3n) is 1.27. The predicted octanol–water partition coefficient (Wildman–Crippen LogP) is 1.16. The van der Waals surface area contributed by atoms with E-state index in [1.807, 2.05) is 0 Å². The van der Waals surface area contributed by atoms with E-state index in [0.717, 1.165) is 0 Å². The third kappa shape index (κ3) is 1.27. The molecule has 0 unspecified atom stereocenters. The molecule has 2 N–H and O–H groups in total. The van der Waals surface area contributed by atoms with Crippen molar-refractivity contribution < 1.29 is 18.3 Å². The van der Waals surface area contributed by atoms with Crippen molar-refractivity contribution in [3.8, 4) is 5.75 Å². The van der Waals surface area contributed by atoms with Gasteiger partial charge in [0.2, 0.25) is 5.82 Å². The van der Waals surface area contributed by atoms with Gasteiger partial charge in [0, 0.05) is 6.20 Å². The van der Waals surface area contributed by atoms with E-state index in [1.165, 1.54) is 0 Å². The second-order valence-corrected chi connectivity index (χ2v) is 2.03. The monoisotopic (exact) mass is 179 g/mol. The lowest BCUT2D eigenvalue weighted by molar-refractivity contribution is 0.141. The fraction of sp³-hybridized carbons (Fsp3) is 0.167. The quantitative estimate of drug-likeness (QED) is 0.679. The summed E-state index contributed by atoms with van der Waals surface area (Å²) in [5, 5.41) is 8.70. The van der Waals surface area contributed by atoms with Crippen LogP contribution in [0.15, 0.2) is 11.0 Å². The number of alkyl halides is 2. The van der Waals surface area contributed by atoms with E-state index in [9.17, 15) is 18.0 Å². The molecule has 0 aliphatic rings. The summed E-state index contributed by atoms with van der Waals surface area (Å²) in [5.74, 6) is -2.60. The highest BCUT2D eigenvalue weighted by Crippen LogP contribution is 2.27. The van der Waals surface area contributed by atoms with Crippen molar-refractivity contribution in [3.63, 3.8) is 0 Å². The zero-order valence-corrected chi connectivity index (χ0v) is 5.64. The predicted molar refractivity (Wildman–Crippen MR) is 33.6 cm³/mol. The molecule has 0 amide bonds. The van der Waals surface area contributed by atoms with Gasteiger partial charge < -0.3 is 10.1 Å². The number of halogens is 3. The summed E-state index contributed by atoms with van der Waals surface area (Å²) in [4.78, 5) is 12.2. The number of pyridine rings is 1. The largest absolute Gasteiger partial charge is 0.506 e. The molecule has 0 spiro atoms. The minimum Gasteiger partial charge on any atom is -0.506 e. The Balaban J connectivity index is 3.43. The van der Waals surface area contributed by atoms with Gasteiger partial charge in [-0.2, -0.15) is 0 Å². The van der Waals surface area contributed by atoms with E-state index >= 15 is 0 Å². The van der Waals surface area contributed by atoms with Crippen molar-refractivity contribution in [2.24, 2.45) is 0 Å². The van der Waals surface area contributed by atoms with E-state index in [2.05, 4.69) is 0 Å². The molecule has 0 bridgehead atoms. The Labute approximate surface area is 64.5 Å². The summed E-state index contributed by atoms with van der Waals surface area (Å²) in [7, 11) is 0. The molecular formula is C6H4F3NO2. The summed E-state index contributed by atoms with van der Waals surface area (Å²) in [6.45, 7) is 0. The molecular weight excluding hydrogens is 175 g/mol. The van der Waals surface area contributed by atoms with Gasteiger partial charge in [0.05, 0.1) is 0 Å². The molecule has 0 aromatic carbocycles. The summed E-state index contributed by atoms with van der Waals surface area (Å²) >= 11 is 0. The topological polar surface area (TPSA) is 53.1 Å². The molecule has 1 aromatic rings. The molecule has 12 heavy (non-hydrogen) atoms. The molecule has 0 atom stereocenters. The van der Waals surface area contributed by atoms with E-state index in [0.29, 0.717) is 6.20 Å². The van der Waals surface area contributed by atoms with Crippen molar-refractivity contribution in [2.45, 2.75) is 6.43 Å². The Morgan fingerprint density at radius 3 is 2.50 bits per heavy atom. The molecule has 0 aliphatic carbocycles. The maximum Gasteiger partial charge on any atom is 0.284 e. The first-order valence-corrected chi connectivity index (χ1v) is 2.92. The van der Waals surface area contributed by atoms with Gasteiger partial charge in [0.15, 0.2) is 0 Å². The number of aromatic hydroxyl groups is 1. The summed E-state index contributed by atoms with van der Waals surface area (Å²) in [6, 6.07) is 0. The molecule has 0 fully saturated rings. The number of hydrogen-bond donors (Lipinski definition) is 2. The average molecular weight is 179 g/mol. The first-order valence-electron chi connectivity index (χ1n) is 2.92. The number of H-pyrrole nitrogens is 1. The van der Waals surface area contributed by atoms with Crippen LogP contribution in [0.1, 0.15) is 12.0 Å². The second kappa shape index (κ2) is 2.88. The second-order valence-electron chi connectivity index (χ2n) is 2.03. The third-order valence-corrected chi connectivity index (χ3v) is 1.27. The normalized spacial score (nSPS) is 10.7. The first-order chi connectivity index (χ1) is 5.54. The SMILES string of the molecule is O=c1[nH]cc(O)c(C(F)F)c1F. The summed E-state index contributed by atoms with van der Waals surface area (Å²) in [5.41, 5.74) is -2.54. The first kappa shape index (κ1) is 8.63. The zero-order chi connectivity index (χ0) is 9.30. The molecule has 1 heterocycles. The van der Waals surface area contributed by atoms with Gasteiger partial charge in [0.1, 0.15) is 11.3 Å². The van der Waals surface area contributed by atoms with Crippen LogP contribution in [-0.4, -0.2) is 10.1 Å². The van der Waals surface area contributed by atoms with Crippen molar-refractivity contribution in [3.05, 3.63) is 27.9 Å². The standard InChI is InChI=1S/C6H4F3NO2/c7-4-3(5(8)9)2(11)1-10-6(4)12/h1,5,11H,(H,10,12). The van der Waals surface area contributed by atoms with Gasteiger partial charge in [-0.25, -0.2) is 13.2 Å². The number of aromatic nitrogens is 1. The molecule has 6 heteroatoms. The number of nitrogens with one attached hydrogen (secondary N) is 1. The number of aromatic amines is 1. The zero-order valence-electron chi connectivity index (χ0n) is 5.64. The average Bonchev–Trinajstić information content (AvgIpc) is 1.97. The Morgan fingerprint density at radius 2 is 2.08 bits per heavy atom. The Morgan fingerprint density at radius 1 is 1.50 bits per heavy atom. The van der Waals surface area contributed by atoms with Crippen molar-refractivity contribution in [1.29, 1.82) is 0 Å². The lowest BCUT2D eigenvalue weighted by atomic mass is 10.2. The molecule has 0 saturated carbocycles. The molecule has 0 aliphatic heterocycles. The van der Waals surface area contributed by atoms with Crippen LogP contribution in [0, 0.1) is 5.82 Å². The van der Waals surface area contributed by atoms with Crippen LogP contribution < -0.4 is 5.56 Å². The van der Waals surface area contributed by atoms with Gasteiger partial charge >= 0.3 is 0 Å². The van der Waals surface area contributed by atoms with E-state index in [1.54, 1.807) is 4.98 Å². The lowest BCUT2D eigenvalue weighted by Gasteiger charge is -2.02. The molecule has 1 aromatic heterocycles. The van der Waals surface area contributed by atoms with Crippen LogP contribution in [0.25, 0.3) is 0 Å². The fourth-order valence-corrected chi connectivity index (χ4v) is 0.717. The van der Waals surface area contributed by atoms with Crippen LogP contribution in [0.4, 0.5) is 13.2 Å². The van der Waals surface area contributed by atoms with Crippen molar-refractivity contribution >= 4 is 0 Å². The molecule has 0 saturated heterocycles. The van der Waals surface area contributed by atoms with E-state index in [-0.39, 0.29) is 0 Å². The molecule has 3 nitrogen and oxygen atoms in total. The van der Waals surface area contributed by atoms with Gasteiger partial charge in [-0.05, 0) is 0 Å². The molecule has 0 radical (unpaired) electrons. The number of rotatable bonds is 1. The summed E-state index contributed by atoms with van der Waals surface area (Å²) < 4.78 is 36.4. The van der Waals surface area contributed by atoms with Gasteiger partial charge in [-0.3, -0.25) is 4.79 Å². The van der Waals surface area contributed by atoms with Gasteiger partial charge in [-0.15, -0.1) is 0 Å². The minimum atomic E-state index is -3.20. The minimum absolute atomic E-state index is 0.618. The van der Waals surface area contributed by atoms with E-state index in [4.69, 9.17) is 5.11 Å². The Bertz CT molecular complexity index is 347. The number of hydrogen-bond acceptors (Lipinski definition) is 2. The smallest absolute Gasteiger partial charge is 0.284 e. The highest BCUT2D eigenvalue weighted by Gasteiger charge is 2.20. The maximum absolute atomic E-state index is 12.5.